The van der Waals surface area contributed by atoms with E-state index in [1.165, 1.54) is 12.1 Å². The Morgan fingerprint density at radius 1 is 1.14 bits per heavy atom. The molecule has 0 aliphatic heterocycles. The van der Waals surface area contributed by atoms with Crippen LogP contribution in [0.15, 0.2) is 12.1 Å². The number of primary amides is 1. The van der Waals surface area contributed by atoms with Crippen LogP contribution in [0.1, 0.15) is 20.7 Å². The maximum atomic E-state index is 10.9. The van der Waals surface area contributed by atoms with Gasteiger partial charge in [0.05, 0.1) is 21.2 Å². The summed E-state index contributed by atoms with van der Waals surface area (Å²) in [7, 11) is 0. The first-order chi connectivity index (χ1) is 6.45. The predicted molar refractivity (Wildman–Crippen MR) is 51.9 cm³/mol. The average Bonchev–Trinajstić information content (AvgIpc) is 2.07. The molecule has 0 radical (unpaired) electrons. The standard InChI is InChI=1S/C8H5Cl2NO3/c9-3-1-2-4(10)6(8(13)14)5(3)7(11)12/h1-2H,(H2,11,12)(H,13,14). The highest BCUT2D eigenvalue weighted by atomic mass is 35.5. The molecule has 1 amide bonds. The van der Waals surface area contributed by atoms with Gasteiger partial charge < -0.3 is 10.8 Å². The number of benzene rings is 1. The number of rotatable bonds is 2. The maximum absolute atomic E-state index is 10.9. The molecule has 0 aliphatic rings. The highest BCUT2D eigenvalue weighted by Crippen LogP contribution is 2.26. The molecule has 0 unspecified atom stereocenters. The summed E-state index contributed by atoms with van der Waals surface area (Å²) in [5, 5.41) is 8.67. The molecule has 0 aliphatic carbocycles. The van der Waals surface area contributed by atoms with E-state index >= 15 is 0 Å². The van der Waals surface area contributed by atoms with Crippen LogP contribution < -0.4 is 5.73 Å². The summed E-state index contributed by atoms with van der Waals surface area (Å²) in [5.41, 5.74) is 4.34. The van der Waals surface area contributed by atoms with E-state index in [1.54, 1.807) is 0 Å². The van der Waals surface area contributed by atoms with Gasteiger partial charge in [0.15, 0.2) is 0 Å². The summed E-state index contributed by atoms with van der Waals surface area (Å²) < 4.78 is 0. The Morgan fingerprint density at radius 3 is 1.86 bits per heavy atom. The van der Waals surface area contributed by atoms with Crippen LogP contribution in [-0.4, -0.2) is 17.0 Å². The molecule has 74 valence electrons. The van der Waals surface area contributed by atoms with Crippen molar-refractivity contribution >= 4 is 35.1 Å². The summed E-state index contributed by atoms with van der Waals surface area (Å²) in [6, 6.07) is 2.61. The number of carbonyl (C=O) groups is 2. The first kappa shape index (κ1) is 10.8. The molecule has 0 bridgehead atoms. The third-order valence-corrected chi connectivity index (χ3v) is 2.19. The fourth-order valence-corrected chi connectivity index (χ4v) is 1.49. The Bertz CT molecular complexity index is 378. The monoisotopic (exact) mass is 233 g/mol. The third-order valence-electron chi connectivity index (χ3n) is 1.56. The van der Waals surface area contributed by atoms with Crippen molar-refractivity contribution in [2.45, 2.75) is 0 Å². The molecule has 0 spiro atoms. The van der Waals surface area contributed by atoms with Crippen LogP contribution in [0.25, 0.3) is 0 Å². The topological polar surface area (TPSA) is 80.4 Å². The molecular weight excluding hydrogens is 229 g/mol. The Labute approximate surface area is 89.2 Å². The van der Waals surface area contributed by atoms with Gasteiger partial charge in [-0.05, 0) is 12.1 Å². The zero-order valence-electron chi connectivity index (χ0n) is 6.75. The van der Waals surface area contributed by atoms with Gasteiger partial charge in [0.2, 0.25) is 0 Å². The summed E-state index contributed by atoms with van der Waals surface area (Å²) in [5.74, 6) is -2.26. The van der Waals surface area contributed by atoms with Crippen LogP contribution in [-0.2, 0) is 0 Å². The largest absolute Gasteiger partial charge is 0.478 e. The van der Waals surface area contributed by atoms with E-state index in [2.05, 4.69) is 0 Å². The lowest BCUT2D eigenvalue weighted by molar-refractivity contribution is 0.0692. The normalized spacial score (nSPS) is 9.86. The number of halogens is 2. The van der Waals surface area contributed by atoms with E-state index in [9.17, 15) is 9.59 Å². The SMILES string of the molecule is NC(=O)c1c(Cl)ccc(Cl)c1C(=O)O. The van der Waals surface area contributed by atoms with E-state index in [4.69, 9.17) is 34.0 Å². The van der Waals surface area contributed by atoms with Crippen LogP contribution in [0.2, 0.25) is 10.0 Å². The van der Waals surface area contributed by atoms with E-state index in [-0.39, 0.29) is 21.2 Å². The van der Waals surface area contributed by atoms with Gasteiger partial charge in [0, 0.05) is 0 Å². The quantitative estimate of drug-likeness (QED) is 0.818. The summed E-state index contributed by atoms with van der Waals surface area (Å²) in [4.78, 5) is 21.7. The van der Waals surface area contributed by atoms with E-state index in [0.717, 1.165) is 0 Å². The first-order valence-electron chi connectivity index (χ1n) is 3.46. The van der Waals surface area contributed by atoms with Crippen molar-refractivity contribution in [1.82, 2.24) is 0 Å². The summed E-state index contributed by atoms with van der Waals surface area (Å²) >= 11 is 11.2. The molecule has 1 aromatic carbocycles. The van der Waals surface area contributed by atoms with Gasteiger partial charge in [-0.3, -0.25) is 4.79 Å². The van der Waals surface area contributed by atoms with Crippen LogP contribution in [0.5, 0.6) is 0 Å². The smallest absolute Gasteiger partial charge is 0.338 e. The molecule has 0 atom stereocenters. The minimum Gasteiger partial charge on any atom is -0.478 e. The van der Waals surface area contributed by atoms with Crippen LogP contribution in [0.4, 0.5) is 0 Å². The number of amides is 1. The molecule has 1 aromatic rings. The number of hydrogen-bond acceptors (Lipinski definition) is 2. The molecule has 0 aromatic heterocycles. The lowest BCUT2D eigenvalue weighted by Gasteiger charge is -2.05. The first-order valence-corrected chi connectivity index (χ1v) is 4.22. The van der Waals surface area contributed by atoms with Crippen LogP contribution in [0, 0.1) is 0 Å². The van der Waals surface area contributed by atoms with Crippen molar-refractivity contribution < 1.29 is 14.7 Å². The molecule has 1 rings (SSSR count). The highest BCUT2D eigenvalue weighted by molar-refractivity contribution is 6.38. The van der Waals surface area contributed by atoms with Gasteiger partial charge in [-0.1, -0.05) is 23.2 Å². The molecule has 4 nitrogen and oxygen atoms in total. The molecule has 14 heavy (non-hydrogen) atoms. The van der Waals surface area contributed by atoms with E-state index in [0.29, 0.717) is 0 Å². The lowest BCUT2D eigenvalue weighted by atomic mass is 10.1. The average molecular weight is 234 g/mol. The Morgan fingerprint density at radius 2 is 1.57 bits per heavy atom. The van der Waals surface area contributed by atoms with Crippen molar-refractivity contribution in [1.29, 1.82) is 0 Å². The van der Waals surface area contributed by atoms with E-state index in [1.807, 2.05) is 0 Å². The van der Waals surface area contributed by atoms with Gasteiger partial charge in [0.25, 0.3) is 5.91 Å². The Kier molecular flexibility index (Phi) is 2.98. The zero-order valence-corrected chi connectivity index (χ0v) is 8.26. The minimum atomic E-state index is -1.34. The zero-order chi connectivity index (χ0) is 10.9. The second-order valence-electron chi connectivity index (χ2n) is 2.45. The van der Waals surface area contributed by atoms with Gasteiger partial charge in [-0.25, -0.2) is 4.79 Å². The van der Waals surface area contributed by atoms with Gasteiger partial charge in [-0.15, -0.1) is 0 Å². The number of nitrogens with two attached hydrogens (primary N) is 1. The van der Waals surface area contributed by atoms with Crippen molar-refractivity contribution in [2.75, 3.05) is 0 Å². The fraction of sp³-hybridized carbons (Fsp3) is 0. The maximum Gasteiger partial charge on any atom is 0.338 e. The van der Waals surface area contributed by atoms with Crippen LogP contribution >= 0.6 is 23.2 Å². The molecule has 6 heteroatoms. The molecule has 0 fully saturated rings. The molecular formula is C8H5Cl2NO3. The van der Waals surface area contributed by atoms with Crippen molar-refractivity contribution in [3.63, 3.8) is 0 Å². The third kappa shape index (κ3) is 1.81. The minimum absolute atomic E-state index is 0.0284. The second kappa shape index (κ2) is 3.86. The number of hydrogen-bond donors (Lipinski definition) is 2. The Hall–Kier alpha value is -1.26. The molecule has 0 saturated carbocycles. The Balaban J connectivity index is 3.58. The van der Waals surface area contributed by atoms with Crippen molar-refractivity contribution in [3.05, 3.63) is 33.3 Å². The molecule has 0 saturated heterocycles. The number of carboxylic acids is 1. The second-order valence-corrected chi connectivity index (χ2v) is 3.26. The number of carbonyl (C=O) groups excluding carboxylic acids is 1. The summed E-state index contributed by atoms with van der Waals surface area (Å²) in [6.45, 7) is 0. The van der Waals surface area contributed by atoms with E-state index < -0.39 is 11.9 Å². The molecule has 3 N–H and O–H groups in total. The van der Waals surface area contributed by atoms with Crippen LogP contribution in [0.3, 0.4) is 0 Å². The van der Waals surface area contributed by atoms with Crippen molar-refractivity contribution in [3.8, 4) is 0 Å². The molecule has 0 heterocycles. The fourth-order valence-electron chi connectivity index (χ4n) is 1.00. The number of aromatic carboxylic acids is 1. The van der Waals surface area contributed by atoms with Crippen molar-refractivity contribution in [2.24, 2.45) is 5.73 Å². The van der Waals surface area contributed by atoms with Gasteiger partial charge >= 0.3 is 5.97 Å². The van der Waals surface area contributed by atoms with Gasteiger partial charge in [-0.2, -0.15) is 0 Å². The highest BCUT2D eigenvalue weighted by Gasteiger charge is 2.21. The van der Waals surface area contributed by atoms with Gasteiger partial charge in [0.1, 0.15) is 0 Å². The lowest BCUT2D eigenvalue weighted by Crippen LogP contribution is -2.17. The predicted octanol–water partition coefficient (Wildman–Crippen LogP) is 1.79. The number of carboxylic acid groups (broad SMARTS) is 1. The summed E-state index contributed by atoms with van der Waals surface area (Å²) in [6.07, 6.45) is 0.